The summed E-state index contributed by atoms with van der Waals surface area (Å²) in [6.07, 6.45) is 7.97. The Kier molecular flexibility index (Phi) is 10.2. The molecular formula is C14H24P2S. The zero-order chi connectivity index (χ0) is 13.3. The fourth-order valence-corrected chi connectivity index (χ4v) is 3.94. The van der Waals surface area contributed by atoms with Crippen LogP contribution in [-0.2, 0) is 0 Å². The first-order valence-corrected chi connectivity index (χ1v) is 8.48. The summed E-state index contributed by atoms with van der Waals surface area (Å²) in [4.78, 5) is 2.70. The van der Waals surface area contributed by atoms with Gasteiger partial charge in [-0.25, -0.2) is 0 Å². The molecule has 0 spiro atoms. The van der Waals surface area contributed by atoms with Gasteiger partial charge in [-0.05, 0) is 43.8 Å². The van der Waals surface area contributed by atoms with Crippen LogP contribution in [0.4, 0.5) is 0 Å². The number of thioether (sulfide) groups is 1. The maximum absolute atomic E-state index is 3.82. The molecule has 0 aromatic carbocycles. The average molecular weight is 286 g/mol. The molecule has 0 fully saturated rings. The molecule has 17 heavy (non-hydrogen) atoms. The molecule has 0 aromatic rings. The molecule has 1 unspecified atom stereocenters. The largest absolute Gasteiger partial charge is 0.0997 e. The van der Waals surface area contributed by atoms with E-state index < -0.39 is 0 Å². The Balaban J connectivity index is 4.65. The van der Waals surface area contributed by atoms with Crippen LogP contribution < -0.4 is 0 Å². The summed E-state index contributed by atoms with van der Waals surface area (Å²) >= 11 is 1.85. The van der Waals surface area contributed by atoms with Crippen molar-refractivity contribution in [2.75, 3.05) is 6.16 Å². The van der Waals surface area contributed by atoms with Crippen molar-refractivity contribution in [3.8, 4) is 0 Å². The van der Waals surface area contributed by atoms with Crippen molar-refractivity contribution in [2.45, 2.75) is 40.5 Å². The highest BCUT2D eigenvalue weighted by Crippen LogP contribution is 2.32. The molecule has 0 rings (SSSR count). The van der Waals surface area contributed by atoms with Gasteiger partial charge in [0.1, 0.15) is 0 Å². The molecule has 0 aliphatic rings. The minimum Gasteiger partial charge on any atom is -0.0997 e. The highest BCUT2D eigenvalue weighted by Gasteiger charge is 2.03. The molecule has 0 aromatic heterocycles. The molecule has 0 aliphatic heterocycles. The molecule has 0 saturated heterocycles. The van der Waals surface area contributed by atoms with Gasteiger partial charge in [0.25, 0.3) is 0 Å². The van der Waals surface area contributed by atoms with Gasteiger partial charge in [0.2, 0.25) is 0 Å². The Morgan fingerprint density at radius 1 is 1.41 bits per heavy atom. The summed E-state index contributed by atoms with van der Waals surface area (Å²) < 4.78 is 0. The van der Waals surface area contributed by atoms with Gasteiger partial charge in [-0.1, -0.05) is 61.3 Å². The maximum atomic E-state index is 3.82. The van der Waals surface area contributed by atoms with E-state index in [4.69, 9.17) is 0 Å². The Morgan fingerprint density at radius 2 is 2.06 bits per heavy atom. The van der Waals surface area contributed by atoms with Crippen LogP contribution in [0.25, 0.3) is 0 Å². The first-order chi connectivity index (χ1) is 8.06. The van der Waals surface area contributed by atoms with Crippen LogP contribution in [0.5, 0.6) is 0 Å². The van der Waals surface area contributed by atoms with Crippen LogP contribution in [0.1, 0.15) is 40.5 Å². The van der Waals surface area contributed by atoms with Gasteiger partial charge in [0.15, 0.2) is 0 Å². The van der Waals surface area contributed by atoms with Crippen LogP contribution >= 0.6 is 29.2 Å². The topological polar surface area (TPSA) is 0 Å². The summed E-state index contributed by atoms with van der Waals surface area (Å²) in [5.74, 6) is 0. The van der Waals surface area contributed by atoms with E-state index in [9.17, 15) is 0 Å². The van der Waals surface area contributed by atoms with E-state index in [1.165, 1.54) is 47.6 Å². The van der Waals surface area contributed by atoms with Crippen molar-refractivity contribution < 1.29 is 0 Å². The highest BCUT2D eigenvalue weighted by molar-refractivity contribution is 8.09. The van der Waals surface area contributed by atoms with Crippen LogP contribution in [0, 0.1) is 0 Å². The van der Waals surface area contributed by atoms with Crippen LogP contribution in [0.15, 0.2) is 34.1 Å². The molecule has 0 nitrogen and oxygen atoms in total. The van der Waals surface area contributed by atoms with Crippen molar-refractivity contribution in [1.29, 1.82) is 0 Å². The number of hydrogen-bond donors (Lipinski definition) is 0. The standard InChI is InChI=1S/C14H24P2S/c1-6-9-10-16-14(15)13(8-3)17-12(5)11(4)7-2/h7-8H,2,6,9-10,15H2,1,3-5H3/b12-11+,13-8+. The molecule has 0 heterocycles. The summed E-state index contributed by atoms with van der Waals surface area (Å²) in [5.41, 5.74) is 1.26. The normalized spacial score (nSPS) is 14.6. The first kappa shape index (κ1) is 17.2. The Labute approximate surface area is 115 Å². The lowest BCUT2D eigenvalue weighted by molar-refractivity contribution is 0.896. The lowest BCUT2D eigenvalue weighted by Gasteiger charge is -2.08. The van der Waals surface area contributed by atoms with Gasteiger partial charge in [0, 0.05) is 9.94 Å². The van der Waals surface area contributed by atoms with Crippen LogP contribution in [0.3, 0.4) is 0 Å². The predicted octanol–water partition coefficient (Wildman–Crippen LogP) is 5.85. The van der Waals surface area contributed by atoms with E-state index in [-0.39, 0.29) is 0 Å². The summed E-state index contributed by atoms with van der Waals surface area (Å²) in [5, 5.41) is 1.40. The molecule has 0 radical (unpaired) electrons. The first-order valence-electron chi connectivity index (χ1n) is 6.01. The van der Waals surface area contributed by atoms with Gasteiger partial charge >= 0.3 is 0 Å². The molecule has 0 N–H and O–H groups in total. The predicted molar refractivity (Wildman–Crippen MR) is 91.3 cm³/mol. The van der Waals surface area contributed by atoms with Crippen molar-refractivity contribution in [2.24, 2.45) is 0 Å². The van der Waals surface area contributed by atoms with Gasteiger partial charge in [-0.3, -0.25) is 0 Å². The Bertz CT molecular complexity index is 338. The fraction of sp³-hybridized carbons (Fsp3) is 0.500. The van der Waals surface area contributed by atoms with E-state index in [0.29, 0.717) is 0 Å². The quantitative estimate of drug-likeness (QED) is 0.321. The maximum Gasteiger partial charge on any atom is 0.0190 e. The molecule has 0 bridgehead atoms. The van der Waals surface area contributed by atoms with E-state index in [1.54, 1.807) is 0 Å². The number of unbranched alkanes of at least 4 members (excludes halogenated alkanes) is 1. The third kappa shape index (κ3) is 7.24. The van der Waals surface area contributed by atoms with Crippen molar-refractivity contribution in [3.05, 3.63) is 34.1 Å². The lowest BCUT2D eigenvalue weighted by Crippen LogP contribution is -1.88. The average Bonchev–Trinajstić information content (AvgIpc) is 2.34. The minimum atomic E-state index is 1.26. The highest BCUT2D eigenvalue weighted by atomic mass is 32.2. The summed E-state index contributed by atoms with van der Waals surface area (Å²) in [6, 6.07) is 0. The van der Waals surface area contributed by atoms with E-state index in [1.807, 2.05) is 17.8 Å². The van der Waals surface area contributed by atoms with Crippen LogP contribution in [0.2, 0.25) is 0 Å². The third-order valence-electron chi connectivity index (χ3n) is 2.43. The SMILES string of the molecule is C=C/C(C)=C(\C)S/C(=C/C)C(P)=PCCCC. The van der Waals surface area contributed by atoms with Gasteiger partial charge in [-0.15, -0.1) is 0 Å². The fourth-order valence-electron chi connectivity index (χ4n) is 1.08. The number of allylic oxidation sites excluding steroid dienone is 5. The second kappa shape index (κ2) is 10.1. The molecule has 0 aliphatic carbocycles. The number of hydrogen-bond acceptors (Lipinski definition) is 1. The Morgan fingerprint density at radius 3 is 2.53 bits per heavy atom. The summed E-state index contributed by atoms with van der Waals surface area (Å²) in [7, 11) is 4.33. The van der Waals surface area contributed by atoms with Gasteiger partial charge in [0.05, 0.1) is 0 Å². The monoisotopic (exact) mass is 286 g/mol. The molecule has 3 heteroatoms. The smallest absolute Gasteiger partial charge is 0.0190 e. The Hall–Kier alpha value is 0.170. The second-order valence-corrected chi connectivity index (χ2v) is 7.38. The lowest BCUT2D eigenvalue weighted by atomic mass is 10.3. The van der Waals surface area contributed by atoms with Crippen molar-refractivity contribution in [3.63, 3.8) is 0 Å². The molecule has 0 saturated carbocycles. The van der Waals surface area contributed by atoms with Crippen LogP contribution in [-0.4, -0.2) is 11.2 Å². The van der Waals surface area contributed by atoms with Gasteiger partial charge in [-0.2, -0.15) is 0 Å². The molecular weight excluding hydrogens is 262 g/mol. The van der Waals surface area contributed by atoms with Crippen molar-refractivity contribution in [1.82, 2.24) is 0 Å². The molecule has 1 atom stereocenters. The minimum absolute atomic E-state index is 1.26. The second-order valence-electron chi connectivity index (χ2n) is 3.82. The number of rotatable bonds is 7. The third-order valence-corrected chi connectivity index (χ3v) is 6.08. The van der Waals surface area contributed by atoms with Gasteiger partial charge < -0.3 is 0 Å². The zero-order valence-electron chi connectivity index (χ0n) is 11.4. The molecule has 96 valence electrons. The van der Waals surface area contributed by atoms with Crippen molar-refractivity contribution >= 4 is 34.2 Å². The molecule has 0 amide bonds. The summed E-state index contributed by atoms with van der Waals surface area (Å²) in [6.45, 7) is 12.4. The van der Waals surface area contributed by atoms with E-state index in [0.717, 1.165) is 0 Å². The zero-order valence-corrected chi connectivity index (χ0v) is 14.3. The van der Waals surface area contributed by atoms with E-state index in [2.05, 4.69) is 49.6 Å². The van der Waals surface area contributed by atoms with E-state index >= 15 is 0 Å².